The summed E-state index contributed by atoms with van der Waals surface area (Å²) in [5.74, 6) is -0.724. The molecule has 1 aliphatic rings. The van der Waals surface area contributed by atoms with Gasteiger partial charge in [0.25, 0.3) is 0 Å². The van der Waals surface area contributed by atoms with Gasteiger partial charge in [0.15, 0.2) is 0 Å². The number of piperidine rings is 1. The molecular weight excluding hydrogens is 330 g/mol. The zero-order chi connectivity index (χ0) is 18.5. The van der Waals surface area contributed by atoms with E-state index in [1.165, 1.54) is 0 Å². The van der Waals surface area contributed by atoms with Gasteiger partial charge < -0.3 is 9.84 Å². The Hall–Kier alpha value is -2.21. The number of quaternary nitrogens is 1. The number of benzene rings is 2. The SMILES string of the molecule is O=C(OCC[N+]1(O)CCCCC1)C(O)(c1ccccc1)c1ccccc1. The largest absolute Gasteiger partial charge is 0.457 e. The molecule has 3 rings (SSSR count). The maximum absolute atomic E-state index is 12.9. The van der Waals surface area contributed by atoms with E-state index in [0.29, 0.717) is 30.8 Å². The van der Waals surface area contributed by atoms with Crippen LogP contribution in [-0.2, 0) is 15.1 Å². The van der Waals surface area contributed by atoms with Gasteiger partial charge in [-0.3, -0.25) is 0 Å². The predicted octanol–water partition coefficient (Wildman–Crippen LogP) is 2.86. The Balaban J connectivity index is 1.76. The van der Waals surface area contributed by atoms with Crippen LogP contribution in [0.1, 0.15) is 30.4 Å². The van der Waals surface area contributed by atoms with Crippen molar-refractivity contribution in [1.82, 2.24) is 0 Å². The van der Waals surface area contributed by atoms with Crippen molar-refractivity contribution in [3.8, 4) is 0 Å². The third-order valence-electron chi connectivity index (χ3n) is 5.07. The van der Waals surface area contributed by atoms with Crippen LogP contribution in [0.25, 0.3) is 0 Å². The van der Waals surface area contributed by atoms with Crippen molar-refractivity contribution in [3.05, 3.63) is 71.8 Å². The summed E-state index contributed by atoms with van der Waals surface area (Å²) in [6.45, 7) is 1.76. The minimum atomic E-state index is -1.87. The molecule has 0 atom stereocenters. The molecule has 5 heteroatoms. The number of nitrogens with zero attached hydrogens (tertiary/aromatic N) is 1. The molecule has 5 nitrogen and oxygen atoms in total. The molecule has 0 unspecified atom stereocenters. The molecule has 138 valence electrons. The van der Waals surface area contributed by atoms with E-state index in [2.05, 4.69) is 0 Å². The third kappa shape index (κ3) is 3.96. The molecule has 0 bridgehead atoms. The van der Waals surface area contributed by atoms with E-state index in [4.69, 9.17) is 4.74 Å². The number of carbonyl (C=O) groups is 1. The van der Waals surface area contributed by atoms with Crippen molar-refractivity contribution in [2.24, 2.45) is 0 Å². The van der Waals surface area contributed by atoms with Gasteiger partial charge in [0.2, 0.25) is 5.60 Å². The summed E-state index contributed by atoms with van der Waals surface area (Å²) in [5, 5.41) is 21.8. The lowest BCUT2D eigenvalue weighted by molar-refractivity contribution is -1.10. The fourth-order valence-electron chi connectivity index (χ4n) is 3.50. The molecule has 0 saturated carbocycles. The standard InChI is InChI=1S/C21H26NO4/c23-20(26-17-16-22(25)14-8-3-9-15-22)21(24,18-10-4-1-5-11-18)19-12-6-2-7-13-19/h1-2,4-7,10-13,24-25H,3,8-9,14-17H2/q+1. The Morgan fingerprint density at radius 1 is 0.923 bits per heavy atom. The van der Waals surface area contributed by atoms with E-state index >= 15 is 0 Å². The van der Waals surface area contributed by atoms with E-state index in [1.54, 1.807) is 48.5 Å². The Kier molecular flexibility index (Phi) is 5.71. The molecule has 0 spiro atoms. The number of likely N-dealkylation sites (tertiary alicyclic amines) is 1. The van der Waals surface area contributed by atoms with Crippen LogP contribution in [0, 0.1) is 0 Å². The van der Waals surface area contributed by atoms with Crippen LogP contribution >= 0.6 is 0 Å². The van der Waals surface area contributed by atoms with Gasteiger partial charge in [-0.1, -0.05) is 60.7 Å². The van der Waals surface area contributed by atoms with Crippen LogP contribution in [-0.4, -0.2) is 47.2 Å². The summed E-state index contributed by atoms with van der Waals surface area (Å²) >= 11 is 0. The molecule has 1 aliphatic heterocycles. The minimum absolute atomic E-state index is 0.0668. The van der Waals surface area contributed by atoms with Crippen molar-refractivity contribution < 1.29 is 24.5 Å². The molecule has 26 heavy (non-hydrogen) atoms. The Labute approximate surface area is 154 Å². The molecule has 2 N–H and O–H groups in total. The van der Waals surface area contributed by atoms with Gasteiger partial charge in [0.05, 0.1) is 0 Å². The molecule has 2 aromatic rings. The Morgan fingerprint density at radius 3 is 1.92 bits per heavy atom. The molecule has 1 saturated heterocycles. The van der Waals surface area contributed by atoms with Gasteiger partial charge in [0.1, 0.15) is 26.2 Å². The summed E-state index contributed by atoms with van der Waals surface area (Å²) in [4.78, 5) is 12.9. The average Bonchev–Trinajstić information content (AvgIpc) is 2.69. The van der Waals surface area contributed by atoms with Gasteiger partial charge in [0, 0.05) is 0 Å². The second-order valence-corrected chi connectivity index (χ2v) is 6.90. The minimum Gasteiger partial charge on any atom is -0.457 e. The highest BCUT2D eigenvalue weighted by atomic mass is 16.6. The number of esters is 1. The average molecular weight is 356 g/mol. The quantitative estimate of drug-likeness (QED) is 0.617. The first-order valence-electron chi connectivity index (χ1n) is 9.14. The van der Waals surface area contributed by atoms with Crippen LogP contribution in [0.3, 0.4) is 0 Å². The molecule has 2 aromatic carbocycles. The molecular formula is C21H26NO4+. The predicted molar refractivity (Wildman–Crippen MR) is 97.3 cm³/mol. The normalized spacial score (nSPS) is 16.8. The number of hydrogen-bond acceptors (Lipinski definition) is 4. The van der Waals surface area contributed by atoms with Crippen LogP contribution in [0.2, 0.25) is 0 Å². The van der Waals surface area contributed by atoms with Crippen molar-refractivity contribution in [2.45, 2.75) is 24.9 Å². The second kappa shape index (κ2) is 7.99. The number of hydrogen-bond donors (Lipinski definition) is 2. The molecule has 0 aromatic heterocycles. The number of ether oxygens (including phenoxy) is 1. The highest BCUT2D eigenvalue weighted by Crippen LogP contribution is 2.31. The topological polar surface area (TPSA) is 66.8 Å². The van der Waals surface area contributed by atoms with E-state index < -0.39 is 11.6 Å². The summed E-state index contributed by atoms with van der Waals surface area (Å²) in [7, 11) is 0. The van der Waals surface area contributed by atoms with Gasteiger partial charge in [-0.25, -0.2) is 10.0 Å². The van der Waals surface area contributed by atoms with Gasteiger partial charge in [-0.05, 0) is 30.4 Å². The number of hydroxylamine groups is 3. The maximum Gasteiger partial charge on any atom is 0.347 e. The molecule has 1 fully saturated rings. The lowest BCUT2D eigenvalue weighted by Gasteiger charge is -2.33. The van der Waals surface area contributed by atoms with Crippen LogP contribution in [0.15, 0.2) is 60.7 Å². The molecule has 0 radical (unpaired) electrons. The summed E-state index contributed by atoms with van der Waals surface area (Å²) < 4.78 is 5.35. The van der Waals surface area contributed by atoms with Crippen molar-refractivity contribution in [1.29, 1.82) is 0 Å². The van der Waals surface area contributed by atoms with Gasteiger partial charge in [-0.15, -0.1) is 0 Å². The smallest absolute Gasteiger partial charge is 0.347 e. The number of carbonyl (C=O) groups excluding carboxylic acids is 1. The first-order chi connectivity index (χ1) is 12.5. The van der Waals surface area contributed by atoms with Crippen molar-refractivity contribution in [3.63, 3.8) is 0 Å². The van der Waals surface area contributed by atoms with Crippen LogP contribution in [0.4, 0.5) is 0 Å². The first kappa shape index (κ1) is 18.6. The molecule has 0 amide bonds. The Morgan fingerprint density at radius 2 is 1.42 bits per heavy atom. The first-order valence-corrected chi connectivity index (χ1v) is 9.14. The van der Waals surface area contributed by atoms with Crippen LogP contribution < -0.4 is 0 Å². The second-order valence-electron chi connectivity index (χ2n) is 6.90. The van der Waals surface area contributed by atoms with Crippen molar-refractivity contribution >= 4 is 5.97 Å². The fourth-order valence-corrected chi connectivity index (χ4v) is 3.50. The maximum atomic E-state index is 12.9. The summed E-state index contributed by atoms with van der Waals surface area (Å²) in [6.07, 6.45) is 3.08. The van der Waals surface area contributed by atoms with E-state index in [1.807, 2.05) is 12.1 Å². The Bertz CT molecular complexity index is 672. The third-order valence-corrected chi connectivity index (χ3v) is 5.07. The summed E-state index contributed by atoms with van der Waals surface area (Å²) in [5.41, 5.74) is -0.950. The van der Waals surface area contributed by atoms with Gasteiger partial charge >= 0.3 is 5.97 Å². The zero-order valence-corrected chi connectivity index (χ0v) is 14.9. The van der Waals surface area contributed by atoms with Crippen LogP contribution in [0.5, 0.6) is 0 Å². The highest BCUT2D eigenvalue weighted by molar-refractivity contribution is 5.85. The number of aliphatic hydroxyl groups is 1. The fraction of sp³-hybridized carbons (Fsp3) is 0.381. The number of rotatable bonds is 6. The molecule has 1 heterocycles. The van der Waals surface area contributed by atoms with E-state index in [9.17, 15) is 15.1 Å². The monoisotopic (exact) mass is 356 g/mol. The van der Waals surface area contributed by atoms with E-state index in [-0.39, 0.29) is 11.3 Å². The zero-order valence-electron chi connectivity index (χ0n) is 14.9. The summed E-state index contributed by atoms with van der Waals surface area (Å²) in [6, 6.07) is 17.6. The highest BCUT2D eigenvalue weighted by Gasteiger charge is 2.42. The van der Waals surface area contributed by atoms with Gasteiger partial charge in [-0.2, -0.15) is 4.65 Å². The lowest BCUT2D eigenvalue weighted by atomic mass is 9.86. The van der Waals surface area contributed by atoms with Crippen molar-refractivity contribution in [2.75, 3.05) is 26.2 Å². The lowest BCUT2D eigenvalue weighted by Crippen LogP contribution is -2.51. The molecule has 0 aliphatic carbocycles. The van der Waals surface area contributed by atoms with E-state index in [0.717, 1.165) is 19.3 Å².